The van der Waals surface area contributed by atoms with Gasteiger partial charge in [-0.25, -0.2) is 0 Å². The van der Waals surface area contributed by atoms with Crippen LogP contribution in [0.25, 0.3) is 0 Å². The van der Waals surface area contributed by atoms with Gasteiger partial charge in [0.05, 0.1) is 0 Å². The number of rotatable bonds is 3. The van der Waals surface area contributed by atoms with Crippen LogP contribution < -0.4 is 0 Å². The van der Waals surface area contributed by atoms with E-state index in [1.54, 1.807) is 20.0 Å². The minimum atomic E-state index is -0.461. The first kappa shape index (κ1) is 11.4. The number of hydrogen-bond acceptors (Lipinski definition) is 2. The molecule has 0 amide bonds. The second-order valence-corrected chi connectivity index (χ2v) is 2.83. The van der Waals surface area contributed by atoms with E-state index in [4.69, 9.17) is 11.6 Å². The van der Waals surface area contributed by atoms with Crippen molar-refractivity contribution in [1.82, 2.24) is 0 Å². The van der Waals surface area contributed by atoms with Crippen LogP contribution in [0.1, 0.15) is 6.92 Å². The maximum absolute atomic E-state index is 10.6. The molecule has 0 atom stereocenters. The third kappa shape index (κ3) is 3.67. The Kier molecular flexibility index (Phi) is 4.83. The molecule has 0 saturated carbocycles. The molecule has 0 saturated heterocycles. The Bertz CT molecular complexity index is 271. The van der Waals surface area contributed by atoms with E-state index >= 15 is 0 Å². The number of carbonyl (C=O) groups excluding carboxylic acids is 1. The van der Waals surface area contributed by atoms with E-state index in [1.165, 1.54) is 0 Å². The van der Waals surface area contributed by atoms with Crippen molar-refractivity contribution in [3.05, 3.63) is 11.6 Å². The van der Waals surface area contributed by atoms with Gasteiger partial charge in [0.2, 0.25) is 0 Å². The van der Waals surface area contributed by atoms with Crippen LogP contribution in [-0.4, -0.2) is 38.7 Å². The fourth-order valence-corrected chi connectivity index (χ4v) is 0.695. The van der Waals surface area contributed by atoms with Crippen LogP contribution in [0.15, 0.2) is 16.6 Å². The van der Waals surface area contributed by atoms with Gasteiger partial charge < -0.3 is 0 Å². The zero-order valence-electron chi connectivity index (χ0n) is 7.52. The number of hydrogen-bond donors (Lipinski definition) is 0. The number of halogens is 1. The number of allylic oxidation sites excluding steroid dienone is 2. The van der Waals surface area contributed by atoms with Gasteiger partial charge in [-0.15, -0.1) is 0 Å². The molecule has 0 fully saturated rings. The topological polar surface area (TPSA) is 29.4 Å². The van der Waals surface area contributed by atoms with Crippen molar-refractivity contribution in [2.45, 2.75) is 6.92 Å². The average Bonchev–Trinajstić information content (AvgIpc) is 1.98. The standard InChI is InChI=1S/C7H10B2ClNO/c1-4(7(10)12)3-5(11-2)6(8)9/h3,8H,9H2,1-2H3/b4-3+,11-5+. The van der Waals surface area contributed by atoms with Gasteiger partial charge in [0.25, 0.3) is 0 Å². The van der Waals surface area contributed by atoms with Gasteiger partial charge in [-0.05, 0) is 0 Å². The first-order valence-corrected chi connectivity index (χ1v) is 3.87. The molecule has 0 aliphatic rings. The van der Waals surface area contributed by atoms with Crippen molar-refractivity contribution in [2.24, 2.45) is 4.99 Å². The van der Waals surface area contributed by atoms with E-state index in [-0.39, 0.29) is 0 Å². The van der Waals surface area contributed by atoms with Crippen LogP contribution in [0.3, 0.4) is 0 Å². The van der Waals surface area contributed by atoms with E-state index in [0.717, 1.165) is 5.36 Å². The summed E-state index contributed by atoms with van der Waals surface area (Å²) < 4.78 is 0. The van der Waals surface area contributed by atoms with Gasteiger partial charge in [-0.3, -0.25) is 0 Å². The quantitative estimate of drug-likeness (QED) is 0.248. The number of carbonyl (C=O) groups is 1. The van der Waals surface area contributed by atoms with Gasteiger partial charge in [0, 0.05) is 0 Å². The number of aliphatic imine (C=N–C) groups is 1. The molecule has 0 aromatic rings. The van der Waals surface area contributed by atoms with E-state index in [1.807, 2.05) is 7.85 Å². The van der Waals surface area contributed by atoms with E-state index in [2.05, 4.69) is 12.5 Å². The van der Waals surface area contributed by atoms with E-state index in [9.17, 15) is 4.79 Å². The van der Waals surface area contributed by atoms with Crippen LogP contribution >= 0.6 is 11.6 Å². The average molecular weight is 181 g/mol. The molecule has 0 radical (unpaired) electrons. The zero-order valence-corrected chi connectivity index (χ0v) is 8.27. The summed E-state index contributed by atoms with van der Waals surface area (Å²) in [5.74, 6) is 0. The maximum atomic E-state index is 10.6. The molecule has 0 heterocycles. The van der Waals surface area contributed by atoms with Crippen molar-refractivity contribution in [3.63, 3.8) is 0 Å². The summed E-state index contributed by atoms with van der Waals surface area (Å²) in [4.78, 5) is 14.6. The Morgan fingerprint density at radius 2 is 2.17 bits per heavy atom. The summed E-state index contributed by atoms with van der Waals surface area (Å²) in [5, 5.41) is 0.354. The van der Waals surface area contributed by atoms with Gasteiger partial charge in [0.15, 0.2) is 0 Å². The molecule has 5 heteroatoms. The van der Waals surface area contributed by atoms with Gasteiger partial charge in [0.1, 0.15) is 0 Å². The summed E-state index contributed by atoms with van der Waals surface area (Å²) in [5.41, 5.74) is 1.17. The van der Waals surface area contributed by atoms with Gasteiger partial charge in [-0.1, -0.05) is 0 Å². The monoisotopic (exact) mass is 181 g/mol. The summed E-state index contributed by atoms with van der Waals surface area (Å²) in [6.07, 6.45) is 1.62. The molecule has 12 heavy (non-hydrogen) atoms. The molecule has 0 aromatic carbocycles. The predicted molar refractivity (Wildman–Crippen MR) is 58.7 cm³/mol. The van der Waals surface area contributed by atoms with Crippen LogP contribution in [0.4, 0.5) is 0 Å². The zero-order chi connectivity index (χ0) is 9.72. The third-order valence-corrected chi connectivity index (χ3v) is 1.64. The summed E-state index contributed by atoms with van der Waals surface area (Å²) >= 11 is 5.24. The Balaban J connectivity index is 4.72. The van der Waals surface area contributed by atoms with Crippen LogP contribution in [-0.2, 0) is 4.79 Å². The van der Waals surface area contributed by atoms with Crippen molar-refractivity contribution < 1.29 is 4.79 Å². The third-order valence-electron chi connectivity index (χ3n) is 1.34. The molecule has 0 spiro atoms. The molecule has 0 N–H and O–H groups in total. The van der Waals surface area contributed by atoms with Crippen LogP contribution in [0, 0.1) is 0 Å². The number of nitrogens with zero attached hydrogens (tertiary/aromatic N) is 1. The first-order chi connectivity index (χ1) is 5.49. The molecular weight excluding hydrogens is 171 g/mol. The Morgan fingerprint density at radius 3 is 2.42 bits per heavy atom. The molecule has 0 rings (SSSR count). The summed E-state index contributed by atoms with van der Waals surface area (Å²) in [7, 11) is 7.18. The molecule has 0 aromatic heterocycles. The normalized spacial score (nSPS) is 12.8. The predicted octanol–water partition coefficient (Wildman–Crippen LogP) is -0.567. The second kappa shape index (κ2) is 5.09. The Labute approximate surface area is 79.2 Å². The van der Waals surface area contributed by atoms with Crippen LogP contribution in [0.5, 0.6) is 0 Å². The second-order valence-electron chi connectivity index (χ2n) is 2.49. The summed E-state index contributed by atoms with van der Waals surface area (Å²) in [6.45, 7) is 1.64. The SMILES string of the molecule is B=C(B)C(/C=C(\C)C(=O)Cl)=N/C. The van der Waals surface area contributed by atoms with E-state index in [0.29, 0.717) is 11.3 Å². The molecule has 0 unspecified atom stereocenters. The van der Waals surface area contributed by atoms with Gasteiger partial charge in [-0.2, -0.15) is 0 Å². The summed E-state index contributed by atoms with van der Waals surface area (Å²) in [6, 6.07) is 0. The van der Waals surface area contributed by atoms with Crippen molar-refractivity contribution in [2.75, 3.05) is 7.05 Å². The Hall–Kier alpha value is -0.630. The Morgan fingerprint density at radius 1 is 1.67 bits per heavy atom. The van der Waals surface area contributed by atoms with Crippen LogP contribution in [0.2, 0.25) is 0 Å². The van der Waals surface area contributed by atoms with Crippen molar-refractivity contribution in [1.29, 1.82) is 0 Å². The fourth-order valence-electron chi connectivity index (χ4n) is 0.640. The molecule has 0 aliphatic carbocycles. The van der Waals surface area contributed by atoms with Crippen molar-refractivity contribution in [3.8, 4) is 0 Å². The molecule has 0 aliphatic heterocycles. The molecule has 0 bridgehead atoms. The fraction of sp³-hybridized carbons (Fsp3) is 0.286. The molecular formula is C7H10B2ClNO. The molecule has 62 valence electrons. The van der Waals surface area contributed by atoms with Crippen molar-refractivity contribution >= 4 is 43.3 Å². The first-order valence-electron chi connectivity index (χ1n) is 3.49. The van der Waals surface area contributed by atoms with E-state index < -0.39 is 5.24 Å². The molecule has 2 nitrogen and oxygen atoms in total. The van der Waals surface area contributed by atoms with Gasteiger partial charge >= 0.3 is 78.7 Å². The minimum absolute atomic E-state index is 0.461.